The Hall–Kier alpha value is -1.22. The maximum atomic E-state index is 9.08. The van der Waals surface area contributed by atoms with E-state index in [1.165, 1.54) is 0 Å². The summed E-state index contributed by atoms with van der Waals surface area (Å²) in [6, 6.07) is 5.68. The van der Waals surface area contributed by atoms with Crippen LogP contribution in [0, 0.1) is 6.92 Å². The lowest BCUT2D eigenvalue weighted by molar-refractivity contribution is 0.120. The van der Waals surface area contributed by atoms with Gasteiger partial charge in [-0.25, -0.2) is 0 Å². The van der Waals surface area contributed by atoms with Gasteiger partial charge >= 0.3 is 0 Å². The first-order valence-electron chi connectivity index (χ1n) is 4.59. The summed E-state index contributed by atoms with van der Waals surface area (Å²) in [4.78, 5) is 0. The highest BCUT2D eigenvalue weighted by atomic mass is 16.5. The molecule has 1 aromatic carbocycles. The first-order valence-corrected chi connectivity index (χ1v) is 4.59. The molecular weight excluding hydrogens is 180 g/mol. The number of benzene rings is 1. The van der Waals surface area contributed by atoms with Crippen molar-refractivity contribution in [1.29, 1.82) is 0 Å². The summed E-state index contributed by atoms with van der Waals surface area (Å²) in [5.41, 5.74) is 1.02. The van der Waals surface area contributed by atoms with Crippen LogP contribution >= 0.6 is 0 Å². The predicted molar refractivity (Wildman–Crippen MR) is 54.9 cm³/mol. The molecule has 14 heavy (non-hydrogen) atoms. The molecule has 0 aromatic heterocycles. The van der Waals surface area contributed by atoms with Crippen molar-refractivity contribution in [3.63, 3.8) is 0 Å². The Morgan fingerprint density at radius 1 is 1.43 bits per heavy atom. The lowest BCUT2D eigenvalue weighted by Gasteiger charge is -2.13. The summed E-state index contributed by atoms with van der Waals surface area (Å²) >= 11 is 0. The van der Waals surface area contributed by atoms with Crippen LogP contribution in [0.15, 0.2) is 18.2 Å². The van der Waals surface area contributed by atoms with Crippen molar-refractivity contribution >= 4 is 0 Å². The number of aliphatic hydroxyl groups is 1. The molecule has 0 aliphatic heterocycles. The van der Waals surface area contributed by atoms with Gasteiger partial charge in [-0.05, 0) is 25.5 Å². The summed E-state index contributed by atoms with van der Waals surface area (Å²) in [7, 11) is 1.61. The second kappa shape index (κ2) is 4.86. The van der Waals surface area contributed by atoms with Crippen molar-refractivity contribution in [2.75, 3.05) is 13.7 Å². The Labute approximate surface area is 84.3 Å². The highest BCUT2D eigenvalue weighted by molar-refractivity contribution is 5.45. The molecule has 0 bridgehead atoms. The lowest BCUT2D eigenvalue weighted by Crippen LogP contribution is -2.13. The van der Waals surface area contributed by atoms with Gasteiger partial charge in [0.2, 0.25) is 0 Å². The highest BCUT2D eigenvalue weighted by Gasteiger charge is 2.07. The molecule has 0 saturated heterocycles. The fraction of sp³-hybridized carbons (Fsp3) is 0.455. The van der Waals surface area contributed by atoms with E-state index in [2.05, 4.69) is 0 Å². The van der Waals surface area contributed by atoms with Gasteiger partial charge in [0.1, 0.15) is 6.61 Å². The minimum absolute atomic E-state index is 0.278. The molecule has 3 nitrogen and oxygen atoms in total. The van der Waals surface area contributed by atoms with Gasteiger partial charge in [0.05, 0.1) is 13.2 Å². The van der Waals surface area contributed by atoms with Crippen LogP contribution in [0.1, 0.15) is 12.5 Å². The monoisotopic (exact) mass is 196 g/mol. The van der Waals surface area contributed by atoms with Crippen molar-refractivity contribution in [3.8, 4) is 11.5 Å². The van der Waals surface area contributed by atoms with Gasteiger partial charge in [-0.15, -0.1) is 0 Å². The van der Waals surface area contributed by atoms with Crippen LogP contribution in [0.2, 0.25) is 0 Å². The fourth-order valence-electron chi connectivity index (χ4n) is 1.21. The molecule has 3 heteroatoms. The number of aryl methyl sites for hydroxylation is 1. The average molecular weight is 196 g/mol. The summed E-state index contributed by atoms with van der Waals surface area (Å²) in [6.45, 7) is 3.91. The number of hydrogen-bond acceptors (Lipinski definition) is 3. The van der Waals surface area contributed by atoms with E-state index in [4.69, 9.17) is 14.6 Å². The zero-order chi connectivity index (χ0) is 10.6. The third-order valence-electron chi connectivity index (χ3n) is 1.86. The summed E-state index contributed by atoms with van der Waals surface area (Å²) in [5, 5.41) is 9.08. The molecule has 1 atom stereocenters. The van der Waals surface area contributed by atoms with Crippen LogP contribution < -0.4 is 9.47 Å². The number of hydrogen-bond donors (Lipinski definition) is 1. The average Bonchev–Trinajstić information content (AvgIpc) is 2.14. The van der Waals surface area contributed by atoms with E-state index in [1.807, 2.05) is 25.1 Å². The van der Waals surface area contributed by atoms with E-state index < -0.39 is 6.10 Å². The Balaban J connectivity index is 2.80. The van der Waals surface area contributed by atoms with Gasteiger partial charge < -0.3 is 14.6 Å². The molecule has 78 valence electrons. The SMILES string of the molecule is COc1c(C)cccc1OCC(C)O. The smallest absolute Gasteiger partial charge is 0.163 e. The van der Waals surface area contributed by atoms with Crippen molar-refractivity contribution < 1.29 is 14.6 Å². The zero-order valence-electron chi connectivity index (χ0n) is 8.78. The van der Waals surface area contributed by atoms with Crippen LogP contribution in [0.25, 0.3) is 0 Å². The first-order chi connectivity index (χ1) is 6.65. The van der Waals surface area contributed by atoms with Gasteiger partial charge in [0.25, 0.3) is 0 Å². The fourth-order valence-corrected chi connectivity index (χ4v) is 1.21. The highest BCUT2D eigenvalue weighted by Crippen LogP contribution is 2.30. The Bertz CT molecular complexity index is 295. The predicted octanol–water partition coefficient (Wildman–Crippen LogP) is 1.76. The number of para-hydroxylation sites is 1. The molecule has 0 aliphatic rings. The van der Waals surface area contributed by atoms with E-state index in [0.717, 1.165) is 11.3 Å². The van der Waals surface area contributed by atoms with E-state index in [-0.39, 0.29) is 6.61 Å². The molecule has 1 N–H and O–H groups in total. The summed E-state index contributed by atoms with van der Waals surface area (Å²) < 4.78 is 10.6. The van der Waals surface area contributed by atoms with Gasteiger partial charge in [-0.1, -0.05) is 12.1 Å². The summed E-state index contributed by atoms with van der Waals surface area (Å²) in [5.74, 6) is 1.40. The molecule has 0 spiro atoms. The van der Waals surface area contributed by atoms with Crippen LogP contribution in [0.3, 0.4) is 0 Å². The van der Waals surface area contributed by atoms with E-state index >= 15 is 0 Å². The van der Waals surface area contributed by atoms with Crippen LogP contribution in [0.5, 0.6) is 11.5 Å². The lowest BCUT2D eigenvalue weighted by atomic mass is 10.2. The molecule has 0 aliphatic carbocycles. The Kier molecular flexibility index (Phi) is 3.77. The largest absolute Gasteiger partial charge is 0.493 e. The van der Waals surface area contributed by atoms with Crippen LogP contribution in [-0.4, -0.2) is 24.9 Å². The number of methoxy groups -OCH3 is 1. The molecule has 1 rings (SSSR count). The molecular formula is C11H16O3. The third-order valence-corrected chi connectivity index (χ3v) is 1.86. The third kappa shape index (κ3) is 2.64. The number of aliphatic hydroxyl groups excluding tert-OH is 1. The van der Waals surface area contributed by atoms with Crippen molar-refractivity contribution in [2.45, 2.75) is 20.0 Å². The minimum atomic E-state index is -0.472. The molecule has 0 heterocycles. The maximum absolute atomic E-state index is 9.08. The second-order valence-corrected chi connectivity index (χ2v) is 3.27. The van der Waals surface area contributed by atoms with Crippen LogP contribution in [0.4, 0.5) is 0 Å². The molecule has 0 radical (unpaired) electrons. The quantitative estimate of drug-likeness (QED) is 0.797. The Morgan fingerprint density at radius 3 is 2.71 bits per heavy atom. The molecule has 0 fully saturated rings. The van der Waals surface area contributed by atoms with Gasteiger partial charge in [0.15, 0.2) is 11.5 Å². The Morgan fingerprint density at radius 2 is 2.14 bits per heavy atom. The van der Waals surface area contributed by atoms with Gasteiger partial charge in [-0.2, -0.15) is 0 Å². The van der Waals surface area contributed by atoms with Crippen molar-refractivity contribution in [2.24, 2.45) is 0 Å². The number of rotatable bonds is 4. The van der Waals surface area contributed by atoms with E-state index in [9.17, 15) is 0 Å². The van der Waals surface area contributed by atoms with Crippen molar-refractivity contribution in [3.05, 3.63) is 23.8 Å². The maximum Gasteiger partial charge on any atom is 0.163 e. The van der Waals surface area contributed by atoms with Crippen molar-refractivity contribution in [1.82, 2.24) is 0 Å². The molecule has 0 amide bonds. The van der Waals surface area contributed by atoms with Gasteiger partial charge in [0, 0.05) is 0 Å². The normalized spacial score (nSPS) is 12.3. The molecule has 1 aromatic rings. The van der Waals surface area contributed by atoms with E-state index in [0.29, 0.717) is 5.75 Å². The molecule has 1 unspecified atom stereocenters. The first kappa shape index (κ1) is 10.9. The number of ether oxygens (including phenoxy) is 2. The zero-order valence-corrected chi connectivity index (χ0v) is 8.78. The van der Waals surface area contributed by atoms with E-state index in [1.54, 1.807) is 14.0 Å². The minimum Gasteiger partial charge on any atom is -0.493 e. The topological polar surface area (TPSA) is 38.7 Å². The standard InChI is InChI=1S/C11H16O3/c1-8-5-4-6-10(11(8)13-3)14-7-9(2)12/h4-6,9,12H,7H2,1-3H3. The second-order valence-electron chi connectivity index (χ2n) is 3.27. The molecule has 0 saturated carbocycles. The van der Waals surface area contributed by atoms with Crippen LogP contribution in [-0.2, 0) is 0 Å². The summed E-state index contributed by atoms with van der Waals surface area (Å²) in [6.07, 6.45) is -0.472. The van der Waals surface area contributed by atoms with Gasteiger partial charge in [-0.3, -0.25) is 0 Å².